The molecule has 1 aromatic rings. The maximum Gasteiger partial charge on any atom is 0.413 e. The molecule has 5 aliphatic carbocycles. The van der Waals surface area contributed by atoms with Crippen LogP contribution in [0.4, 0.5) is 74.6 Å². The summed E-state index contributed by atoms with van der Waals surface area (Å²) in [7, 11) is -14.4. The van der Waals surface area contributed by atoms with Crippen LogP contribution in [-0.4, -0.2) is 51.5 Å². The van der Waals surface area contributed by atoms with Gasteiger partial charge in [0.05, 0.1) is 21.6 Å². The third kappa shape index (κ3) is 5.11. The van der Waals surface area contributed by atoms with E-state index in [1.54, 1.807) is 0 Å². The van der Waals surface area contributed by atoms with Crippen LogP contribution in [0.2, 0.25) is 0 Å². The number of halogens is 17. The monoisotopic (exact) mass is 780 g/mol. The Bertz CT molecular complexity index is 1860. The second-order valence-electron chi connectivity index (χ2n) is 12.7. The summed E-state index contributed by atoms with van der Waals surface area (Å²) in [6.07, 6.45) is -31.6. The molecular formula is C26H17F17O4S2. The third-order valence-electron chi connectivity index (χ3n) is 9.57. The van der Waals surface area contributed by atoms with Gasteiger partial charge in [0, 0.05) is 12.0 Å². The van der Waals surface area contributed by atoms with E-state index in [-0.39, 0.29) is 6.42 Å². The summed E-state index contributed by atoms with van der Waals surface area (Å²) in [6, 6.07) is 0. The highest BCUT2D eigenvalue weighted by Gasteiger charge is 2.85. The van der Waals surface area contributed by atoms with Gasteiger partial charge in [-0.3, -0.25) is 0 Å². The number of benzene rings is 1. The Balaban J connectivity index is 1.93. The molecule has 0 aliphatic heterocycles. The van der Waals surface area contributed by atoms with E-state index >= 15 is 17.6 Å². The summed E-state index contributed by atoms with van der Waals surface area (Å²) in [4.78, 5) is 0. The lowest BCUT2D eigenvalue weighted by Crippen LogP contribution is -2.64. The Kier molecular flexibility index (Phi) is 8.24. The molecule has 5 aliphatic rings. The number of hydrogen-bond donors (Lipinski definition) is 0. The summed E-state index contributed by atoms with van der Waals surface area (Å²) in [6.45, 7) is 0. The molecule has 0 radical (unpaired) electrons. The van der Waals surface area contributed by atoms with Crippen molar-refractivity contribution in [3.8, 4) is 0 Å². The van der Waals surface area contributed by atoms with Crippen LogP contribution >= 0.6 is 0 Å². The maximum atomic E-state index is 16.0. The van der Waals surface area contributed by atoms with Crippen molar-refractivity contribution in [2.75, 3.05) is 5.75 Å². The van der Waals surface area contributed by atoms with E-state index in [4.69, 9.17) is 0 Å². The first kappa shape index (κ1) is 37.7. The number of allylic oxidation sites excluding steroid dienone is 2. The van der Waals surface area contributed by atoms with Crippen LogP contribution in [-0.2, 0) is 19.7 Å². The Morgan fingerprint density at radius 2 is 1.12 bits per heavy atom. The van der Waals surface area contributed by atoms with E-state index in [0.717, 1.165) is 0 Å². The summed E-state index contributed by atoms with van der Waals surface area (Å²) in [5, 5.41) is 0. The van der Waals surface area contributed by atoms with Gasteiger partial charge in [0.2, 0.25) is 0 Å². The normalized spacial score (nSPS) is 30.6. The van der Waals surface area contributed by atoms with E-state index < -0.39 is 166 Å². The molecule has 3 unspecified atom stereocenters. The van der Waals surface area contributed by atoms with Crippen LogP contribution in [0.3, 0.4) is 0 Å². The first-order chi connectivity index (χ1) is 21.9. The Morgan fingerprint density at radius 3 is 1.55 bits per heavy atom. The highest BCUT2D eigenvalue weighted by atomic mass is 32.3. The van der Waals surface area contributed by atoms with Crippen LogP contribution in [0.25, 0.3) is 5.83 Å². The van der Waals surface area contributed by atoms with Gasteiger partial charge in [-0.2, -0.15) is 39.5 Å². The van der Waals surface area contributed by atoms with Crippen LogP contribution in [0.5, 0.6) is 0 Å². The largest absolute Gasteiger partial charge is 0.413 e. The number of fused-ring (bicyclic) bond motifs is 1. The van der Waals surface area contributed by atoms with Crippen LogP contribution in [0.1, 0.15) is 55.8 Å². The molecule has 3 atom stereocenters. The van der Waals surface area contributed by atoms with Gasteiger partial charge in [0.1, 0.15) is 5.67 Å². The molecule has 276 valence electrons. The minimum atomic E-state index is -7.72. The topological polar surface area (TPSA) is 68.3 Å². The predicted molar refractivity (Wildman–Crippen MR) is 131 cm³/mol. The van der Waals surface area contributed by atoms with Gasteiger partial charge in [-0.05, 0) is 43.9 Å². The fraction of sp³-hybridized carbons (Fsp3) is 0.615. The average molecular weight is 781 g/mol. The summed E-state index contributed by atoms with van der Waals surface area (Å²) >= 11 is 0. The standard InChI is InChI=1S/C26H17F17O4S2/c27-13-10-11(16(30)19(33)18(32)15(10)29)14(28)17(31)12(13)20(48(44,45)7-23(24(35,36)37,25(38,39)40)26(41,42)43)49(46,47)22-4-8-1-9(5-22)3-21(34,2-8)6-22/h8-9,13H,1-7H2/b20-12+. The molecule has 0 N–H and O–H groups in total. The molecule has 0 heterocycles. The first-order valence-corrected chi connectivity index (χ1v) is 16.7. The Labute approximate surface area is 263 Å². The van der Waals surface area contributed by atoms with Gasteiger partial charge in [-0.15, -0.1) is 0 Å². The lowest BCUT2D eigenvalue weighted by Gasteiger charge is -2.58. The number of alkyl halides is 11. The van der Waals surface area contributed by atoms with Gasteiger partial charge >= 0.3 is 18.5 Å². The van der Waals surface area contributed by atoms with E-state index in [0.29, 0.717) is 0 Å². The lowest BCUT2D eigenvalue weighted by atomic mass is 9.54. The van der Waals surface area contributed by atoms with Crippen molar-refractivity contribution in [3.05, 3.63) is 50.0 Å². The minimum absolute atomic E-state index is 0.0122. The fourth-order valence-corrected chi connectivity index (χ4v) is 13.9. The first-order valence-electron chi connectivity index (χ1n) is 13.6. The highest BCUT2D eigenvalue weighted by Crippen LogP contribution is 2.65. The minimum Gasteiger partial charge on any atom is -0.244 e. The van der Waals surface area contributed by atoms with Crippen LogP contribution < -0.4 is 0 Å². The summed E-state index contributed by atoms with van der Waals surface area (Å²) < 4.78 is 294. The van der Waals surface area contributed by atoms with Crippen molar-refractivity contribution < 1.29 is 91.5 Å². The third-order valence-corrected chi connectivity index (χ3v) is 14.9. The van der Waals surface area contributed by atoms with Crippen LogP contribution in [0, 0.1) is 40.5 Å². The van der Waals surface area contributed by atoms with Crippen LogP contribution in [0.15, 0.2) is 15.6 Å². The van der Waals surface area contributed by atoms with E-state index in [1.807, 2.05) is 0 Å². The van der Waals surface area contributed by atoms with Crippen molar-refractivity contribution in [1.82, 2.24) is 0 Å². The number of hydrogen-bond acceptors (Lipinski definition) is 4. The van der Waals surface area contributed by atoms with Gasteiger partial charge in [-0.25, -0.2) is 52.0 Å². The van der Waals surface area contributed by atoms with E-state index in [9.17, 15) is 73.9 Å². The van der Waals surface area contributed by atoms with Gasteiger partial charge < -0.3 is 0 Å². The SMILES string of the molecule is O=S(=O)(CC(C(F)(F)F)(C(F)(F)F)C(F)(F)F)/C(=C1\C(F)=C(F)c2c(F)c(F)c(F)c(F)c2C1F)S(=O)(=O)C12CC3CC(CC(F)(C3)C1)C2. The maximum absolute atomic E-state index is 16.0. The summed E-state index contributed by atoms with van der Waals surface area (Å²) in [5.74, 6) is -25.0. The van der Waals surface area contributed by atoms with Gasteiger partial charge in [0.15, 0.2) is 65.0 Å². The van der Waals surface area contributed by atoms with E-state index in [1.165, 1.54) is 0 Å². The molecule has 4 bridgehead atoms. The average Bonchev–Trinajstić information content (AvgIpc) is 2.89. The molecular weight excluding hydrogens is 763 g/mol. The second kappa shape index (κ2) is 10.7. The zero-order chi connectivity index (χ0) is 37.5. The zero-order valence-electron chi connectivity index (χ0n) is 23.6. The highest BCUT2D eigenvalue weighted by molar-refractivity contribution is 8.15. The Hall–Kier alpha value is -2.59. The van der Waals surface area contributed by atoms with Crippen molar-refractivity contribution in [2.24, 2.45) is 17.3 Å². The molecule has 4 nitrogen and oxygen atoms in total. The zero-order valence-corrected chi connectivity index (χ0v) is 25.2. The predicted octanol–water partition coefficient (Wildman–Crippen LogP) is 8.65. The molecule has 0 saturated heterocycles. The van der Waals surface area contributed by atoms with Crippen molar-refractivity contribution in [3.63, 3.8) is 0 Å². The molecule has 49 heavy (non-hydrogen) atoms. The molecule has 4 fully saturated rings. The summed E-state index contributed by atoms with van der Waals surface area (Å²) in [5.41, 5.74) is -18.2. The quantitative estimate of drug-likeness (QED) is 0.171. The molecule has 6 rings (SSSR count). The number of sulfone groups is 2. The second-order valence-corrected chi connectivity index (χ2v) is 17.2. The van der Waals surface area contributed by atoms with Crippen molar-refractivity contribution in [2.45, 2.75) is 73.6 Å². The molecule has 4 saturated carbocycles. The van der Waals surface area contributed by atoms with Gasteiger partial charge in [0.25, 0.3) is 5.41 Å². The Morgan fingerprint density at radius 1 is 0.673 bits per heavy atom. The fourth-order valence-electron chi connectivity index (χ4n) is 7.92. The number of rotatable bonds is 5. The molecule has 1 aromatic carbocycles. The smallest absolute Gasteiger partial charge is 0.244 e. The van der Waals surface area contributed by atoms with E-state index in [2.05, 4.69) is 0 Å². The van der Waals surface area contributed by atoms with Crippen molar-refractivity contribution >= 4 is 25.5 Å². The molecule has 0 amide bonds. The molecule has 0 aromatic heterocycles. The van der Waals surface area contributed by atoms with Crippen molar-refractivity contribution in [1.29, 1.82) is 0 Å². The molecule has 23 heteroatoms. The molecule has 0 spiro atoms. The lowest BCUT2D eigenvalue weighted by molar-refractivity contribution is -0.418. The van der Waals surface area contributed by atoms with Gasteiger partial charge in [-0.1, -0.05) is 0 Å².